The van der Waals surface area contributed by atoms with Crippen LogP contribution in [0.3, 0.4) is 0 Å². The van der Waals surface area contributed by atoms with Gasteiger partial charge in [0.2, 0.25) is 0 Å². The number of hydrogen-bond donors (Lipinski definition) is 1. The zero-order valence-corrected chi connectivity index (χ0v) is 15.5. The van der Waals surface area contributed by atoms with E-state index in [4.69, 9.17) is 9.31 Å². The highest BCUT2D eigenvalue weighted by molar-refractivity contribution is 7.90. The summed E-state index contributed by atoms with van der Waals surface area (Å²) < 4.78 is 39.5. The molecule has 1 aromatic heterocycles. The van der Waals surface area contributed by atoms with Gasteiger partial charge in [0.25, 0.3) is 0 Å². The first-order chi connectivity index (χ1) is 10.4. The van der Waals surface area contributed by atoms with Crippen LogP contribution >= 0.6 is 0 Å². The van der Waals surface area contributed by atoms with Crippen molar-refractivity contribution in [2.24, 2.45) is 0 Å². The second-order valence-electron chi connectivity index (χ2n) is 6.64. The van der Waals surface area contributed by atoms with Gasteiger partial charge in [0.05, 0.1) is 22.6 Å². The summed E-state index contributed by atoms with van der Waals surface area (Å²) in [5, 5.41) is 0. The van der Waals surface area contributed by atoms with Gasteiger partial charge in [-0.2, -0.15) is 8.42 Å². The van der Waals surface area contributed by atoms with E-state index in [2.05, 4.69) is 9.71 Å². The van der Waals surface area contributed by atoms with Crippen molar-refractivity contribution in [1.29, 1.82) is 0 Å². The summed E-state index contributed by atoms with van der Waals surface area (Å²) in [6, 6.07) is 1.74. The van der Waals surface area contributed by atoms with E-state index in [1.165, 1.54) is 14.1 Å². The molecule has 0 aromatic carbocycles. The maximum absolute atomic E-state index is 12.0. The Morgan fingerprint density at radius 3 is 2.22 bits per heavy atom. The summed E-state index contributed by atoms with van der Waals surface area (Å²) in [6.07, 6.45) is 1.65. The Kier molecular flexibility index (Phi) is 4.53. The molecule has 0 bridgehead atoms. The smallest absolute Gasteiger partial charge is 0.399 e. The number of aryl methyl sites for hydroxylation is 1. The molecule has 0 radical (unpaired) electrons. The van der Waals surface area contributed by atoms with Crippen LogP contribution in [-0.4, -0.2) is 45.8 Å². The molecule has 1 aliphatic rings. The van der Waals surface area contributed by atoms with Crippen molar-refractivity contribution in [2.45, 2.75) is 45.8 Å². The first kappa shape index (κ1) is 18.2. The second-order valence-corrected chi connectivity index (χ2v) is 8.54. The predicted molar refractivity (Wildman–Crippen MR) is 91.1 cm³/mol. The second kappa shape index (κ2) is 5.73. The average Bonchev–Trinajstić information content (AvgIpc) is 2.67. The van der Waals surface area contributed by atoms with Gasteiger partial charge in [-0.15, -0.1) is 0 Å². The number of nitrogens with zero attached hydrogens (tertiary/aromatic N) is 2. The van der Waals surface area contributed by atoms with Crippen LogP contribution in [0.4, 0.5) is 5.69 Å². The van der Waals surface area contributed by atoms with Gasteiger partial charge in [0, 0.05) is 25.8 Å². The lowest BCUT2D eigenvalue weighted by atomic mass is 9.80. The Balaban J connectivity index is 2.40. The first-order valence-corrected chi connectivity index (χ1v) is 8.85. The van der Waals surface area contributed by atoms with Crippen molar-refractivity contribution in [3.63, 3.8) is 0 Å². The number of aromatic nitrogens is 1. The van der Waals surface area contributed by atoms with Crippen molar-refractivity contribution in [1.82, 2.24) is 9.71 Å². The van der Waals surface area contributed by atoms with E-state index in [9.17, 15) is 8.42 Å². The van der Waals surface area contributed by atoms with Crippen LogP contribution in [-0.2, 0) is 19.5 Å². The lowest BCUT2D eigenvalue weighted by molar-refractivity contribution is 0.00578. The number of rotatable bonds is 4. The monoisotopic (exact) mass is 341 g/mol. The van der Waals surface area contributed by atoms with Crippen LogP contribution in [0.25, 0.3) is 0 Å². The quantitative estimate of drug-likeness (QED) is 0.811. The van der Waals surface area contributed by atoms with E-state index in [0.29, 0.717) is 16.8 Å². The van der Waals surface area contributed by atoms with Crippen LogP contribution in [0.1, 0.15) is 33.4 Å². The molecule has 0 saturated carbocycles. The molecule has 128 valence electrons. The molecule has 23 heavy (non-hydrogen) atoms. The van der Waals surface area contributed by atoms with E-state index in [1.54, 1.807) is 19.2 Å². The Hall–Kier alpha value is -1.16. The standard InChI is InChI=1S/C14H24BN3O4S/c1-10-12(18(7)23(19,20)16-6)8-11(9-17-10)15-21-13(2,3)14(4,5)22-15/h8-9,16H,1-7H3. The molecule has 0 amide bonds. The Labute approximate surface area is 138 Å². The fourth-order valence-corrected chi connectivity index (χ4v) is 2.95. The third-order valence-electron chi connectivity index (χ3n) is 4.56. The van der Waals surface area contributed by atoms with Gasteiger partial charge in [-0.05, 0) is 40.7 Å². The summed E-state index contributed by atoms with van der Waals surface area (Å²) in [4.78, 5) is 4.29. The third-order valence-corrected chi connectivity index (χ3v) is 6.00. The molecule has 0 atom stereocenters. The molecule has 1 aromatic rings. The van der Waals surface area contributed by atoms with Gasteiger partial charge < -0.3 is 9.31 Å². The molecular formula is C14H24BN3O4S. The van der Waals surface area contributed by atoms with Gasteiger partial charge in [-0.25, -0.2) is 4.72 Å². The SMILES string of the molecule is CNS(=O)(=O)N(C)c1cc(B2OC(C)(C)C(C)(C)O2)cnc1C. The fraction of sp³-hybridized carbons (Fsp3) is 0.643. The van der Waals surface area contributed by atoms with Crippen molar-refractivity contribution in [3.05, 3.63) is 18.0 Å². The Morgan fingerprint density at radius 2 is 1.74 bits per heavy atom. The van der Waals surface area contributed by atoms with E-state index in [1.807, 2.05) is 27.7 Å². The highest BCUT2D eigenvalue weighted by Gasteiger charge is 2.52. The Morgan fingerprint density at radius 1 is 1.22 bits per heavy atom. The first-order valence-electron chi connectivity index (χ1n) is 7.41. The molecular weight excluding hydrogens is 317 g/mol. The van der Waals surface area contributed by atoms with Crippen molar-refractivity contribution >= 4 is 28.5 Å². The minimum atomic E-state index is -3.60. The number of nitrogens with one attached hydrogen (secondary N) is 1. The van der Waals surface area contributed by atoms with Crippen molar-refractivity contribution in [3.8, 4) is 0 Å². The highest BCUT2D eigenvalue weighted by Crippen LogP contribution is 2.36. The zero-order valence-electron chi connectivity index (χ0n) is 14.7. The molecule has 0 unspecified atom stereocenters. The number of pyridine rings is 1. The summed E-state index contributed by atoms with van der Waals surface area (Å²) >= 11 is 0. The van der Waals surface area contributed by atoms with Gasteiger partial charge in [-0.1, -0.05) is 0 Å². The van der Waals surface area contributed by atoms with E-state index < -0.39 is 28.5 Å². The minimum absolute atomic E-state index is 0.467. The van der Waals surface area contributed by atoms with Crippen LogP contribution in [0.2, 0.25) is 0 Å². The van der Waals surface area contributed by atoms with Crippen molar-refractivity contribution < 1.29 is 17.7 Å². The van der Waals surface area contributed by atoms with Crippen molar-refractivity contribution in [2.75, 3.05) is 18.4 Å². The summed E-state index contributed by atoms with van der Waals surface area (Å²) in [6.45, 7) is 9.62. The molecule has 1 N–H and O–H groups in total. The number of hydrogen-bond acceptors (Lipinski definition) is 5. The maximum Gasteiger partial charge on any atom is 0.496 e. The van der Waals surface area contributed by atoms with Crippen LogP contribution in [0, 0.1) is 6.92 Å². The van der Waals surface area contributed by atoms with Gasteiger partial charge in [-0.3, -0.25) is 9.29 Å². The predicted octanol–water partition coefficient (Wildman–Crippen LogP) is 0.590. The molecule has 9 heteroatoms. The molecule has 2 rings (SSSR count). The third kappa shape index (κ3) is 3.23. The minimum Gasteiger partial charge on any atom is -0.399 e. The average molecular weight is 341 g/mol. The van der Waals surface area contributed by atoms with E-state index >= 15 is 0 Å². The summed E-state index contributed by atoms with van der Waals surface area (Å²) in [5.74, 6) is 0. The van der Waals surface area contributed by atoms with Crippen LogP contribution in [0.5, 0.6) is 0 Å². The van der Waals surface area contributed by atoms with Crippen LogP contribution in [0.15, 0.2) is 12.3 Å². The van der Waals surface area contributed by atoms with Crippen LogP contribution < -0.4 is 14.5 Å². The summed E-state index contributed by atoms with van der Waals surface area (Å²) in [5.41, 5.74) is 0.831. The molecule has 1 saturated heterocycles. The molecule has 2 heterocycles. The molecule has 0 aliphatic carbocycles. The fourth-order valence-electron chi connectivity index (χ4n) is 2.23. The lowest BCUT2D eigenvalue weighted by Crippen LogP contribution is -2.41. The normalized spacial score (nSPS) is 19.9. The van der Waals surface area contributed by atoms with E-state index in [-0.39, 0.29) is 0 Å². The molecule has 1 aliphatic heterocycles. The highest BCUT2D eigenvalue weighted by atomic mass is 32.2. The topological polar surface area (TPSA) is 80.8 Å². The maximum atomic E-state index is 12.0. The molecule has 0 spiro atoms. The lowest BCUT2D eigenvalue weighted by Gasteiger charge is -2.32. The zero-order chi connectivity index (χ0) is 17.6. The summed E-state index contributed by atoms with van der Waals surface area (Å²) in [7, 11) is -1.34. The number of anilines is 1. The largest absolute Gasteiger partial charge is 0.496 e. The molecule has 1 fully saturated rings. The van der Waals surface area contributed by atoms with E-state index in [0.717, 1.165) is 4.31 Å². The molecule has 7 nitrogen and oxygen atoms in total. The van der Waals surface area contributed by atoms with Gasteiger partial charge in [0.15, 0.2) is 0 Å². The van der Waals surface area contributed by atoms with Gasteiger partial charge >= 0.3 is 17.3 Å². The van der Waals surface area contributed by atoms with Gasteiger partial charge in [0.1, 0.15) is 0 Å². The Bertz CT molecular complexity index is 690.